The number of benzene rings is 5. The zero-order valence-electron chi connectivity index (χ0n) is 19.5. The lowest BCUT2D eigenvalue weighted by atomic mass is 10.1. The first-order valence-corrected chi connectivity index (χ1v) is 13.9. The second-order valence-electron chi connectivity index (χ2n) is 9.48. The van der Waals surface area contributed by atoms with Crippen LogP contribution >= 0.6 is 22.7 Å². The minimum atomic E-state index is 0.987. The SMILES string of the molecule is c1ccc2c(c1)sc1c(-n3c4ccccc4c4ccc5c6cc7cncnc7cc6sc5c43)cccc12. The van der Waals surface area contributed by atoms with Gasteiger partial charge in [-0.05, 0) is 30.3 Å². The Morgan fingerprint density at radius 1 is 0.595 bits per heavy atom. The van der Waals surface area contributed by atoms with Crippen LogP contribution in [0.3, 0.4) is 0 Å². The maximum atomic E-state index is 4.51. The number of rotatable bonds is 1. The van der Waals surface area contributed by atoms with Crippen LogP contribution in [-0.4, -0.2) is 14.5 Å². The molecular formula is C32H17N3S2. The zero-order valence-corrected chi connectivity index (χ0v) is 21.1. The first-order chi connectivity index (χ1) is 18.3. The summed E-state index contributed by atoms with van der Waals surface area (Å²) in [7, 11) is 0. The molecule has 0 bridgehead atoms. The molecular weight excluding hydrogens is 491 g/mol. The van der Waals surface area contributed by atoms with Crippen molar-refractivity contribution in [2.45, 2.75) is 0 Å². The van der Waals surface area contributed by atoms with Gasteiger partial charge in [0.25, 0.3) is 0 Å². The van der Waals surface area contributed by atoms with E-state index >= 15 is 0 Å². The number of nitrogens with zero attached hydrogens (tertiary/aromatic N) is 3. The number of aromatic nitrogens is 3. The van der Waals surface area contributed by atoms with Crippen LogP contribution in [0.2, 0.25) is 0 Å². The molecule has 4 heterocycles. The molecule has 4 aromatic heterocycles. The van der Waals surface area contributed by atoms with Crippen molar-refractivity contribution in [3.63, 3.8) is 0 Å². The Hall–Kier alpha value is -4.32. The highest BCUT2D eigenvalue weighted by Gasteiger charge is 2.20. The Morgan fingerprint density at radius 2 is 1.38 bits per heavy atom. The molecule has 9 rings (SSSR count). The fourth-order valence-corrected chi connectivity index (χ4v) is 8.38. The normalized spacial score (nSPS) is 12.3. The summed E-state index contributed by atoms with van der Waals surface area (Å²) in [6.45, 7) is 0. The monoisotopic (exact) mass is 507 g/mol. The molecule has 0 aliphatic rings. The van der Waals surface area contributed by atoms with Crippen molar-refractivity contribution in [1.29, 1.82) is 0 Å². The van der Waals surface area contributed by atoms with E-state index in [0.29, 0.717) is 0 Å². The highest BCUT2D eigenvalue weighted by molar-refractivity contribution is 7.27. The molecule has 5 aromatic carbocycles. The minimum Gasteiger partial charge on any atom is -0.306 e. The Labute approximate surface area is 218 Å². The number of para-hydroxylation sites is 1. The van der Waals surface area contributed by atoms with Gasteiger partial charge in [0.05, 0.1) is 31.6 Å². The average molecular weight is 508 g/mol. The van der Waals surface area contributed by atoms with E-state index in [9.17, 15) is 0 Å². The predicted octanol–water partition coefficient (Wildman–Crippen LogP) is 9.46. The molecule has 3 nitrogen and oxygen atoms in total. The Morgan fingerprint density at radius 3 is 2.35 bits per heavy atom. The van der Waals surface area contributed by atoms with E-state index in [1.807, 2.05) is 28.9 Å². The molecule has 172 valence electrons. The van der Waals surface area contributed by atoms with Gasteiger partial charge >= 0.3 is 0 Å². The molecule has 0 N–H and O–H groups in total. The van der Waals surface area contributed by atoms with E-state index in [1.165, 1.54) is 67.8 Å². The summed E-state index contributed by atoms with van der Waals surface area (Å²) in [4.78, 5) is 8.76. The third-order valence-corrected chi connectivity index (χ3v) is 9.91. The van der Waals surface area contributed by atoms with Crippen molar-refractivity contribution in [2.75, 3.05) is 0 Å². The van der Waals surface area contributed by atoms with Crippen molar-refractivity contribution < 1.29 is 0 Å². The molecule has 0 saturated carbocycles. The smallest absolute Gasteiger partial charge is 0.116 e. The van der Waals surface area contributed by atoms with E-state index in [2.05, 4.69) is 106 Å². The summed E-state index contributed by atoms with van der Waals surface area (Å²) < 4.78 is 7.71. The van der Waals surface area contributed by atoms with E-state index in [1.54, 1.807) is 6.33 Å². The summed E-state index contributed by atoms with van der Waals surface area (Å²) in [5.41, 5.74) is 4.75. The molecule has 0 radical (unpaired) electrons. The van der Waals surface area contributed by atoms with Crippen LogP contribution in [0.4, 0.5) is 0 Å². The molecule has 0 unspecified atom stereocenters. The van der Waals surface area contributed by atoms with E-state index in [-0.39, 0.29) is 0 Å². The van der Waals surface area contributed by atoms with Crippen molar-refractivity contribution in [1.82, 2.24) is 14.5 Å². The minimum absolute atomic E-state index is 0.987. The van der Waals surface area contributed by atoms with Crippen molar-refractivity contribution in [2.24, 2.45) is 0 Å². The molecule has 0 atom stereocenters. The summed E-state index contributed by atoms with van der Waals surface area (Å²) in [6.07, 6.45) is 3.53. The second kappa shape index (κ2) is 7.13. The molecule has 5 heteroatoms. The number of fused-ring (bicyclic) bond motifs is 11. The Balaban J connectivity index is 1.50. The summed E-state index contributed by atoms with van der Waals surface area (Å²) in [5, 5.41) is 8.84. The maximum absolute atomic E-state index is 4.51. The van der Waals surface area contributed by atoms with Crippen LogP contribution in [0.25, 0.3) is 78.7 Å². The largest absolute Gasteiger partial charge is 0.306 e. The number of hydrogen-bond acceptors (Lipinski definition) is 4. The number of hydrogen-bond donors (Lipinski definition) is 0. The van der Waals surface area contributed by atoms with Gasteiger partial charge in [-0.15, -0.1) is 22.7 Å². The maximum Gasteiger partial charge on any atom is 0.116 e. The van der Waals surface area contributed by atoms with Gasteiger partial charge in [-0.1, -0.05) is 60.7 Å². The molecule has 0 amide bonds. The number of thiophene rings is 2. The second-order valence-corrected chi connectivity index (χ2v) is 11.6. The van der Waals surface area contributed by atoms with Gasteiger partial charge in [0.1, 0.15) is 6.33 Å². The Kier molecular flexibility index (Phi) is 3.82. The van der Waals surface area contributed by atoms with Crippen LogP contribution < -0.4 is 0 Å². The van der Waals surface area contributed by atoms with Gasteiger partial charge in [-0.3, -0.25) is 0 Å². The van der Waals surface area contributed by atoms with Crippen LogP contribution in [0, 0.1) is 0 Å². The van der Waals surface area contributed by atoms with Crippen molar-refractivity contribution in [3.05, 3.63) is 104 Å². The van der Waals surface area contributed by atoms with Crippen molar-refractivity contribution >= 4 is 95.7 Å². The van der Waals surface area contributed by atoms with Gasteiger partial charge < -0.3 is 4.57 Å². The summed E-state index contributed by atoms with van der Waals surface area (Å²) >= 11 is 3.75. The zero-order chi connectivity index (χ0) is 24.1. The molecule has 0 aliphatic carbocycles. The van der Waals surface area contributed by atoms with Crippen LogP contribution in [0.1, 0.15) is 0 Å². The highest BCUT2D eigenvalue weighted by Crippen LogP contribution is 2.45. The van der Waals surface area contributed by atoms with Gasteiger partial charge in [0.2, 0.25) is 0 Å². The quantitative estimate of drug-likeness (QED) is 0.221. The van der Waals surface area contributed by atoms with E-state index < -0.39 is 0 Å². The summed E-state index contributed by atoms with van der Waals surface area (Å²) in [5.74, 6) is 0. The third kappa shape index (κ3) is 2.60. The van der Waals surface area contributed by atoms with Gasteiger partial charge in [0, 0.05) is 53.3 Å². The molecule has 0 saturated heterocycles. The lowest BCUT2D eigenvalue weighted by Crippen LogP contribution is -1.94. The van der Waals surface area contributed by atoms with Crippen molar-refractivity contribution in [3.8, 4) is 5.69 Å². The average Bonchev–Trinajstić information content (AvgIpc) is 3.61. The lowest BCUT2D eigenvalue weighted by molar-refractivity contribution is 1.21. The van der Waals surface area contributed by atoms with Gasteiger partial charge in [0.15, 0.2) is 0 Å². The molecule has 0 aliphatic heterocycles. The molecule has 0 fully saturated rings. The molecule has 0 spiro atoms. The summed E-state index contributed by atoms with van der Waals surface area (Å²) in [6, 6.07) is 33.3. The van der Waals surface area contributed by atoms with E-state index in [4.69, 9.17) is 0 Å². The van der Waals surface area contributed by atoms with Crippen LogP contribution in [-0.2, 0) is 0 Å². The fraction of sp³-hybridized carbons (Fsp3) is 0. The van der Waals surface area contributed by atoms with E-state index in [0.717, 1.165) is 10.9 Å². The standard InChI is InChI=1S/C32H17N3S2/c1-3-9-26-19(6-1)21-12-13-23-24-14-18-16-33-17-34-25(18)15-29(24)37-32(23)30(21)35(26)27-10-5-8-22-20-7-2-4-11-28(20)36-31(22)27/h1-17H. The third-order valence-electron chi connectivity index (χ3n) is 7.52. The highest BCUT2D eigenvalue weighted by atomic mass is 32.1. The lowest BCUT2D eigenvalue weighted by Gasteiger charge is -2.10. The first kappa shape index (κ1) is 19.8. The van der Waals surface area contributed by atoms with Gasteiger partial charge in [-0.2, -0.15) is 0 Å². The first-order valence-electron chi connectivity index (χ1n) is 12.2. The molecule has 9 aromatic rings. The fourth-order valence-electron chi connectivity index (χ4n) is 5.92. The van der Waals surface area contributed by atoms with Crippen LogP contribution in [0.5, 0.6) is 0 Å². The van der Waals surface area contributed by atoms with Gasteiger partial charge in [-0.25, -0.2) is 9.97 Å². The van der Waals surface area contributed by atoms with Crippen LogP contribution in [0.15, 0.2) is 104 Å². The Bertz CT molecular complexity index is 2370. The molecule has 37 heavy (non-hydrogen) atoms. The topological polar surface area (TPSA) is 30.7 Å². The predicted molar refractivity (Wildman–Crippen MR) is 160 cm³/mol.